The number of nitrogens with two attached hydrogens (primary N) is 1. The molecule has 0 aliphatic heterocycles. The Balaban J connectivity index is 2.30. The molecule has 2 aromatic rings. The van der Waals surface area contributed by atoms with Crippen molar-refractivity contribution in [1.29, 1.82) is 0 Å². The number of anilines is 1. The van der Waals surface area contributed by atoms with Crippen molar-refractivity contribution >= 4 is 33.0 Å². The van der Waals surface area contributed by atoms with Gasteiger partial charge in [-0.25, -0.2) is 0 Å². The topological polar surface area (TPSA) is 55.1 Å². The fourth-order valence-corrected chi connectivity index (χ4v) is 3.00. The molecule has 0 atom stereocenters. The molecule has 0 saturated carbocycles. The van der Waals surface area contributed by atoms with E-state index >= 15 is 0 Å². The first kappa shape index (κ1) is 12.9. The summed E-state index contributed by atoms with van der Waals surface area (Å²) in [5.41, 5.74) is 6.64. The number of benzene rings is 1. The van der Waals surface area contributed by atoms with Crippen molar-refractivity contribution in [2.45, 2.75) is 32.7 Å². The van der Waals surface area contributed by atoms with E-state index in [1.54, 1.807) is 0 Å². The summed E-state index contributed by atoms with van der Waals surface area (Å²) >= 11 is 1.46. The van der Waals surface area contributed by atoms with Crippen LogP contribution >= 0.6 is 11.3 Å². The molecule has 0 saturated heterocycles. The van der Waals surface area contributed by atoms with E-state index in [0.717, 1.165) is 22.9 Å². The molecule has 18 heavy (non-hydrogen) atoms. The number of thiophene rings is 1. The Hall–Kier alpha value is -1.55. The van der Waals surface area contributed by atoms with Gasteiger partial charge in [0.15, 0.2) is 0 Å². The first-order valence-electron chi connectivity index (χ1n) is 6.25. The van der Waals surface area contributed by atoms with Crippen LogP contribution in [-0.4, -0.2) is 11.9 Å². The van der Waals surface area contributed by atoms with Gasteiger partial charge in [0.25, 0.3) is 5.91 Å². The first-order chi connectivity index (χ1) is 8.67. The molecule has 1 aromatic carbocycles. The molecule has 2 rings (SSSR count). The quantitative estimate of drug-likeness (QED) is 0.887. The summed E-state index contributed by atoms with van der Waals surface area (Å²) in [4.78, 5) is 12.8. The summed E-state index contributed by atoms with van der Waals surface area (Å²) in [5.74, 6) is -0.0533. The number of hydrogen-bond acceptors (Lipinski definition) is 3. The minimum atomic E-state index is -0.0533. The lowest BCUT2D eigenvalue weighted by Crippen LogP contribution is -2.33. The molecule has 3 N–H and O–H groups in total. The second-order valence-electron chi connectivity index (χ2n) is 4.33. The van der Waals surface area contributed by atoms with Crippen LogP contribution in [0.5, 0.6) is 0 Å². The number of carbonyl (C=O) groups is 1. The highest BCUT2D eigenvalue weighted by Gasteiger charge is 2.17. The van der Waals surface area contributed by atoms with Crippen molar-refractivity contribution in [3.05, 3.63) is 29.1 Å². The maximum Gasteiger partial charge on any atom is 0.263 e. The summed E-state index contributed by atoms with van der Waals surface area (Å²) in [7, 11) is 0. The predicted molar refractivity (Wildman–Crippen MR) is 78.1 cm³/mol. The largest absolute Gasteiger partial charge is 0.397 e. The third-order valence-electron chi connectivity index (χ3n) is 3.16. The number of hydrogen-bond donors (Lipinski definition) is 2. The zero-order valence-corrected chi connectivity index (χ0v) is 11.5. The van der Waals surface area contributed by atoms with Crippen LogP contribution in [0.15, 0.2) is 24.3 Å². The predicted octanol–water partition coefficient (Wildman–Crippen LogP) is 3.40. The molecule has 0 radical (unpaired) electrons. The highest BCUT2D eigenvalue weighted by Crippen LogP contribution is 2.33. The fraction of sp³-hybridized carbons (Fsp3) is 0.357. The zero-order chi connectivity index (χ0) is 13.1. The minimum absolute atomic E-state index is 0.0533. The van der Waals surface area contributed by atoms with Crippen LogP contribution in [0.25, 0.3) is 10.1 Å². The van der Waals surface area contributed by atoms with Gasteiger partial charge in [0.05, 0.1) is 5.69 Å². The van der Waals surface area contributed by atoms with Crippen LogP contribution in [0.1, 0.15) is 36.4 Å². The van der Waals surface area contributed by atoms with Crippen molar-refractivity contribution < 1.29 is 4.79 Å². The molecule has 0 aliphatic carbocycles. The van der Waals surface area contributed by atoms with Crippen molar-refractivity contribution in [2.24, 2.45) is 0 Å². The van der Waals surface area contributed by atoms with E-state index in [2.05, 4.69) is 19.2 Å². The van der Waals surface area contributed by atoms with Gasteiger partial charge in [0.1, 0.15) is 4.88 Å². The first-order valence-corrected chi connectivity index (χ1v) is 7.06. The standard InChI is InChI=1S/C14H18N2OS/c1-3-9(4-2)16-14(17)13-12(15)10-7-5-6-8-11(10)18-13/h5-9H,3-4,15H2,1-2H3,(H,16,17). The number of rotatable bonds is 4. The lowest BCUT2D eigenvalue weighted by Gasteiger charge is -2.13. The molecule has 0 spiro atoms. The van der Waals surface area contributed by atoms with Crippen molar-refractivity contribution in [1.82, 2.24) is 5.32 Å². The number of carbonyl (C=O) groups excluding carboxylic acids is 1. The summed E-state index contributed by atoms with van der Waals surface area (Å²) in [6, 6.07) is 8.07. The Kier molecular flexibility index (Phi) is 3.87. The Morgan fingerprint density at radius 2 is 2.00 bits per heavy atom. The third kappa shape index (κ3) is 2.34. The summed E-state index contributed by atoms with van der Waals surface area (Å²) in [6.07, 6.45) is 1.88. The second kappa shape index (κ2) is 5.40. The zero-order valence-electron chi connectivity index (χ0n) is 10.7. The average Bonchev–Trinajstić information content (AvgIpc) is 2.74. The van der Waals surface area contributed by atoms with Crippen molar-refractivity contribution in [3.63, 3.8) is 0 Å². The van der Waals surface area contributed by atoms with Gasteiger partial charge in [0.2, 0.25) is 0 Å². The van der Waals surface area contributed by atoms with E-state index in [-0.39, 0.29) is 11.9 Å². The van der Waals surface area contributed by atoms with E-state index < -0.39 is 0 Å². The molecule has 0 aliphatic rings. The van der Waals surface area contributed by atoms with E-state index in [1.807, 2.05) is 24.3 Å². The second-order valence-corrected chi connectivity index (χ2v) is 5.38. The molecule has 0 unspecified atom stereocenters. The molecule has 1 aromatic heterocycles. The molecule has 4 heteroatoms. The van der Waals surface area contributed by atoms with Gasteiger partial charge in [-0.3, -0.25) is 4.79 Å². The maximum absolute atomic E-state index is 12.2. The van der Waals surface area contributed by atoms with E-state index in [1.165, 1.54) is 11.3 Å². The molecule has 3 nitrogen and oxygen atoms in total. The van der Waals surface area contributed by atoms with E-state index in [9.17, 15) is 4.79 Å². The van der Waals surface area contributed by atoms with Gasteiger partial charge in [-0.05, 0) is 18.9 Å². The normalized spacial score (nSPS) is 11.1. The lowest BCUT2D eigenvalue weighted by molar-refractivity contribution is 0.0940. The Bertz CT molecular complexity index is 558. The highest BCUT2D eigenvalue weighted by atomic mass is 32.1. The van der Waals surface area contributed by atoms with Gasteiger partial charge in [-0.2, -0.15) is 0 Å². The van der Waals surface area contributed by atoms with Gasteiger partial charge >= 0.3 is 0 Å². The average molecular weight is 262 g/mol. The highest BCUT2D eigenvalue weighted by molar-refractivity contribution is 7.21. The van der Waals surface area contributed by atoms with Gasteiger partial charge < -0.3 is 11.1 Å². The van der Waals surface area contributed by atoms with E-state index in [4.69, 9.17) is 5.73 Å². The van der Waals surface area contributed by atoms with Crippen LogP contribution in [0.2, 0.25) is 0 Å². The number of nitrogens with one attached hydrogen (secondary N) is 1. The fourth-order valence-electron chi connectivity index (χ4n) is 1.98. The number of amides is 1. The van der Waals surface area contributed by atoms with Crippen molar-refractivity contribution in [3.8, 4) is 0 Å². The maximum atomic E-state index is 12.2. The Morgan fingerprint density at radius 3 is 2.61 bits per heavy atom. The Morgan fingerprint density at radius 1 is 1.33 bits per heavy atom. The third-order valence-corrected chi connectivity index (χ3v) is 4.35. The minimum Gasteiger partial charge on any atom is -0.397 e. The number of nitrogen functional groups attached to an aromatic ring is 1. The van der Waals surface area contributed by atoms with Gasteiger partial charge in [-0.1, -0.05) is 32.0 Å². The monoisotopic (exact) mass is 262 g/mol. The molecule has 1 amide bonds. The lowest BCUT2D eigenvalue weighted by atomic mass is 10.1. The van der Waals surface area contributed by atoms with Crippen LogP contribution in [0, 0.1) is 0 Å². The SMILES string of the molecule is CCC(CC)NC(=O)c1sc2ccccc2c1N. The summed E-state index contributed by atoms with van der Waals surface area (Å²) in [5, 5.41) is 4.00. The molecule has 96 valence electrons. The van der Waals surface area contributed by atoms with Gasteiger partial charge in [-0.15, -0.1) is 11.3 Å². The van der Waals surface area contributed by atoms with Crippen LogP contribution in [-0.2, 0) is 0 Å². The van der Waals surface area contributed by atoms with Crippen LogP contribution in [0.4, 0.5) is 5.69 Å². The van der Waals surface area contributed by atoms with Crippen molar-refractivity contribution in [2.75, 3.05) is 5.73 Å². The van der Waals surface area contributed by atoms with Crippen LogP contribution in [0.3, 0.4) is 0 Å². The number of fused-ring (bicyclic) bond motifs is 1. The molecule has 1 heterocycles. The molecular weight excluding hydrogens is 244 g/mol. The summed E-state index contributed by atoms with van der Waals surface area (Å²) < 4.78 is 1.06. The molecule has 0 bridgehead atoms. The molecule has 0 fully saturated rings. The Labute approximate surface area is 111 Å². The smallest absolute Gasteiger partial charge is 0.263 e. The van der Waals surface area contributed by atoms with E-state index in [0.29, 0.717) is 10.6 Å². The van der Waals surface area contributed by atoms with Crippen LogP contribution < -0.4 is 11.1 Å². The summed E-state index contributed by atoms with van der Waals surface area (Å²) in [6.45, 7) is 4.14. The van der Waals surface area contributed by atoms with Gasteiger partial charge in [0, 0.05) is 16.1 Å². The molecular formula is C14H18N2OS.